The van der Waals surface area contributed by atoms with Crippen molar-refractivity contribution >= 4 is 65.4 Å². The van der Waals surface area contributed by atoms with Crippen molar-refractivity contribution in [3.05, 3.63) is 109 Å². The average molecular weight is 715 g/mol. The Morgan fingerprint density at radius 1 is 0.979 bits per heavy atom. The number of amides is 1. The van der Waals surface area contributed by atoms with E-state index in [4.69, 9.17) is 44.2 Å². The molecule has 3 aliphatic heterocycles. The molecule has 3 aromatic rings. The molecular weight excluding hydrogens is 677 g/mol. The van der Waals surface area contributed by atoms with Crippen molar-refractivity contribution in [3.63, 3.8) is 0 Å². The molecule has 2 fully saturated rings. The van der Waals surface area contributed by atoms with E-state index in [1.54, 1.807) is 4.90 Å². The van der Waals surface area contributed by atoms with Crippen LogP contribution in [0.1, 0.15) is 32.4 Å². The molecule has 47 heavy (non-hydrogen) atoms. The topological polar surface area (TPSA) is 118 Å². The summed E-state index contributed by atoms with van der Waals surface area (Å²) in [6.07, 6.45) is -2.67. The second-order valence-electron chi connectivity index (χ2n) is 13.2. The van der Waals surface area contributed by atoms with Crippen LogP contribution >= 0.6 is 34.8 Å². The van der Waals surface area contributed by atoms with E-state index in [0.717, 1.165) is 10.4 Å². The molecular formula is C34H38Cl3N5O4Si. The highest BCUT2D eigenvalue weighted by molar-refractivity contribution is 6.99. The van der Waals surface area contributed by atoms with E-state index in [1.807, 2.05) is 66.7 Å². The van der Waals surface area contributed by atoms with Crippen LogP contribution in [-0.4, -0.2) is 75.7 Å². The van der Waals surface area contributed by atoms with E-state index in [-0.39, 0.29) is 17.6 Å². The molecule has 0 radical (unpaired) electrons. The van der Waals surface area contributed by atoms with Gasteiger partial charge in [-0.1, -0.05) is 153 Å². The fourth-order valence-corrected chi connectivity index (χ4v) is 12.2. The summed E-state index contributed by atoms with van der Waals surface area (Å²) in [5, 5.41) is 34.8. The summed E-state index contributed by atoms with van der Waals surface area (Å²) in [7, 11) is -3.03. The van der Waals surface area contributed by atoms with Gasteiger partial charge in [-0.15, -0.1) is 0 Å². The van der Waals surface area contributed by atoms with Crippen LogP contribution in [0, 0.1) is 0 Å². The second-order valence-corrected chi connectivity index (χ2v) is 19.7. The first-order valence-electron chi connectivity index (χ1n) is 15.4. The van der Waals surface area contributed by atoms with Gasteiger partial charge in [-0.2, -0.15) is 0 Å². The normalized spacial score (nSPS) is 27.3. The highest BCUT2D eigenvalue weighted by Crippen LogP contribution is 2.49. The first-order chi connectivity index (χ1) is 22.2. The minimum Gasteiger partial charge on any atom is -0.405 e. The van der Waals surface area contributed by atoms with Crippen molar-refractivity contribution in [2.75, 3.05) is 6.61 Å². The molecule has 0 aliphatic carbocycles. The monoisotopic (exact) mass is 713 g/mol. The van der Waals surface area contributed by atoms with Crippen molar-refractivity contribution in [2.45, 2.75) is 65.6 Å². The lowest BCUT2D eigenvalue weighted by molar-refractivity contribution is -0.119. The predicted molar refractivity (Wildman–Crippen MR) is 188 cm³/mol. The Hall–Kier alpha value is -3.09. The molecule has 6 atom stereocenters. The van der Waals surface area contributed by atoms with Gasteiger partial charge in [0, 0.05) is 0 Å². The van der Waals surface area contributed by atoms with E-state index < -0.39 is 54.0 Å². The van der Waals surface area contributed by atoms with Gasteiger partial charge in [0.25, 0.3) is 18.0 Å². The Morgan fingerprint density at radius 3 is 2.02 bits per heavy atom. The number of nitrogens with zero attached hydrogens (tertiary/aromatic N) is 2. The van der Waals surface area contributed by atoms with E-state index in [1.165, 1.54) is 0 Å². The van der Waals surface area contributed by atoms with E-state index in [2.05, 4.69) is 67.6 Å². The smallest absolute Gasteiger partial charge is 0.278 e. The van der Waals surface area contributed by atoms with Crippen molar-refractivity contribution in [1.82, 2.24) is 20.9 Å². The molecule has 3 heterocycles. The number of halogens is 3. The molecule has 3 aliphatic rings. The molecule has 0 aromatic heterocycles. The maximum Gasteiger partial charge on any atom is 0.278 e. The first kappa shape index (κ1) is 33.8. The third-order valence-electron chi connectivity index (χ3n) is 9.34. The average Bonchev–Trinajstić information content (AvgIpc) is 3.50. The van der Waals surface area contributed by atoms with E-state index in [0.29, 0.717) is 11.4 Å². The number of aliphatic imine (C=N–C) groups is 1. The van der Waals surface area contributed by atoms with Gasteiger partial charge < -0.3 is 30.2 Å². The molecule has 5 N–H and O–H groups in total. The van der Waals surface area contributed by atoms with Crippen LogP contribution in [0.4, 0.5) is 0 Å². The van der Waals surface area contributed by atoms with Crippen molar-refractivity contribution in [3.8, 4) is 0 Å². The number of rotatable bonds is 6. The number of hydrogen-bond acceptors (Lipinski definition) is 8. The first-order valence-corrected chi connectivity index (χ1v) is 18.4. The number of nitrogens with one attached hydrogen (secondary N) is 3. The molecule has 13 heteroatoms. The van der Waals surface area contributed by atoms with Crippen LogP contribution in [0.2, 0.25) is 5.04 Å². The molecule has 3 aromatic carbocycles. The van der Waals surface area contributed by atoms with Gasteiger partial charge in [0.15, 0.2) is 5.66 Å². The van der Waals surface area contributed by atoms with Crippen LogP contribution in [0.5, 0.6) is 0 Å². The second kappa shape index (κ2) is 12.4. The summed E-state index contributed by atoms with van der Waals surface area (Å²) in [6, 6.07) is 27.4. The van der Waals surface area contributed by atoms with Crippen LogP contribution in [0.3, 0.4) is 0 Å². The van der Waals surface area contributed by atoms with Gasteiger partial charge in [0.1, 0.15) is 18.2 Å². The Bertz CT molecular complexity index is 1620. The summed E-state index contributed by atoms with van der Waals surface area (Å²) in [5.74, 6) is -0.504. The summed E-state index contributed by atoms with van der Waals surface area (Å²) >= 11 is 18.1. The van der Waals surface area contributed by atoms with Crippen LogP contribution in [-0.2, 0) is 9.22 Å². The molecule has 0 bridgehead atoms. The van der Waals surface area contributed by atoms with Gasteiger partial charge in [-0.05, 0) is 21.0 Å². The summed E-state index contributed by atoms with van der Waals surface area (Å²) in [5.41, 5.74) is -0.721. The van der Waals surface area contributed by atoms with E-state index >= 15 is 0 Å². The van der Waals surface area contributed by atoms with Crippen LogP contribution < -0.4 is 26.3 Å². The number of carbonyl (C=O) groups is 1. The van der Waals surface area contributed by atoms with Gasteiger partial charge in [0.05, 0.1) is 24.5 Å². The van der Waals surface area contributed by atoms with Crippen LogP contribution in [0.15, 0.2) is 108 Å². The van der Waals surface area contributed by atoms with Gasteiger partial charge in [0.2, 0.25) is 5.96 Å². The van der Waals surface area contributed by atoms with Gasteiger partial charge >= 0.3 is 0 Å². The van der Waals surface area contributed by atoms with Gasteiger partial charge in [-0.25, -0.2) is 4.99 Å². The summed E-state index contributed by atoms with van der Waals surface area (Å²) < 4.78 is 4.96. The van der Waals surface area contributed by atoms with Gasteiger partial charge in [-0.3, -0.25) is 10.1 Å². The molecule has 2 unspecified atom stereocenters. The standard InChI is InChI=1S/C34H38Cl3N5O4Si/c1-21-38-28-25(20-46-47(32(2,3)4,23-16-10-6-11-17-23)24-18-12-7-13-19-24)39-31(40-30(45)34(35,36)37)42-26(22-14-8-5-9-15-22)27(43)29(44)33(28,42)41-21/h5-19,25-29,38,41,43-44H,1,20H2,2-4H3,(H,39,40,45)/t25-,26-,27-,28?,29-,33?/m0/s1. The third kappa shape index (κ3) is 5.63. The lowest BCUT2D eigenvalue weighted by Gasteiger charge is -2.50. The number of alkyl halides is 3. The molecule has 9 nitrogen and oxygen atoms in total. The Kier molecular flexibility index (Phi) is 8.93. The number of guanidine groups is 1. The maximum absolute atomic E-state index is 13.2. The molecule has 2 saturated heterocycles. The van der Waals surface area contributed by atoms with Crippen molar-refractivity contribution < 1.29 is 19.4 Å². The minimum absolute atomic E-state index is 0.0158. The zero-order valence-electron chi connectivity index (χ0n) is 26.2. The largest absolute Gasteiger partial charge is 0.405 e. The third-order valence-corrected chi connectivity index (χ3v) is 14.9. The summed E-state index contributed by atoms with van der Waals surface area (Å²) in [4.78, 5) is 19.9. The minimum atomic E-state index is -3.03. The molecule has 248 valence electrons. The van der Waals surface area contributed by atoms with Crippen LogP contribution in [0.25, 0.3) is 0 Å². The summed E-state index contributed by atoms with van der Waals surface area (Å²) in [6.45, 7) is 10.7. The zero-order chi connectivity index (χ0) is 33.8. The lowest BCUT2D eigenvalue weighted by Crippen LogP contribution is -2.74. The molecule has 6 rings (SSSR count). The van der Waals surface area contributed by atoms with Crippen molar-refractivity contribution in [2.24, 2.45) is 4.99 Å². The Balaban J connectivity index is 1.50. The number of carbonyl (C=O) groups excluding carboxylic acids is 1. The number of hydrogen-bond donors (Lipinski definition) is 5. The van der Waals surface area contributed by atoms with Crippen molar-refractivity contribution in [1.29, 1.82) is 0 Å². The quantitative estimate of drug-likeness (QED) is 0.197. The highest BCUT2D eigenvalue weighted by Gasteiger charge is 2.69. The Labute approximate surface area is 290 Å². The number of aliphatic hydroxyl groups is 2. The zero-order valence-corrected chi connectivity index (χ0v) is 29.5. The molecule has 0 saturated carbocycles. The fraction of sp³-hybridized carbons (Fsp3) is 0.353. The molecule has 1 amide bonds. The Morgan fingerprint density at radius 2 is 1.51 bits per heavy atom. The highest BCUT2D eigenvalue weighted by atomic mass is 35.6. The SMILES string of the molecule is C=C1NC2[C@H](CO[Si](c3ccccc3)(c3ccccc3)C(C)(C)C)N=C(NC(=O)C(Cl)(Cl)Cl)N3[C@@H](c4ccccc4)[C@H](O)[C@H](O)C23N1. The predicted octanol–water partition coefficient (Wildman–Crippen LogP) is 3.30. The maximum atomic E-state index is 13.2. The fourth-order valence-electron chi connectivity index (χ4n) is 7.44. The van der Waals surface area contributed by atoms with E-state index in [9.17, 15) is 15.0 Å². The lowest BCUT2D eigenvalue weighted by atomic mass is 9.88. The number of aliphatic hydroxyl groups excluding tert-OH is 2. The molecule has 1 spiro atoms. The number of benzene rings is 3.